The predicted octanol–water partition coefficient (Wildman–Crippen LogP) is 3.34. The van der Waals surface area contributed by atoms with Crippen LogP contribution in [0.2, 0.25) is 5.02 Å². The van der Waals surface area contributed by atoms with E-state index in [1.165, 1.54) is 5.56 Å². The molecule has 0 spiro atoms. The van der Waals surface area contributed by atoms with Crippen molar-refractivity contribution in [2.24, 2.45) is 5.73 Å². The first-order valence-electron chi connectivity index (χ1n) is 10.1. The third-order valence-electron chi connectivity index (χ3n) is 5.84. The molecule has 6 nitrogen and oxygen atoms in total. The fraction of sp³-hybridized carbons (Fsp3) is 0.391. The highest BCUT2D eigenvalue weighted by Crippen LogP contribution is 2.31. The third kappa shape index (κ3) is 4.94. The summed E-state index contributed by atoms with van der Waals surface area (Å²) in [7, 11) is 0. The molecule has 1 aliphatic heterocycles. The quantitative estimate of drug-likeness (QED) is 0.764. The molecule has 0 aliphatic carbocycles. The van der Waals surface area contributed by atoms with Gasteiger partial charge in [-0.15, -0.1) is 0 Å². The maximum Gasteiger partial charge on any atom is 0.255 e. The zero-order valence-corrected chi connectivity index (χ0v) is 18.4. The minimum absolute atomic E-state index is 0.0435. The number of carbonyl (C=O) groups is 2. The van der Waals surface area contributed by atoms with E-state index in [1.807, 2.05) is 17.9 Å². The fourth-order valence-electron chi connectivity index (χ4n) is 3.86. The van der Waals surface area contributed by atoms with E-state index in [2.05, 4.69) is 24.8 Å². The lowest BCUT2D eigenvalue weighted by atomic mass is 9.96. The molecule has 1 heterocycles. The van der Waals surface area contributed by atoms with Crippen molar-refractivity contribution in [1.82, 2.24) is 9.80 Å². The summed E-state index contributed by atoms with van der Waals surface area (Å²) in [5, 5.41) is 0.627. The van der Waals surface area contributed by atoms with Gasteiger partial charge in [-0.1, -0.05) is 17.7 Å². The smallest absolute Gasteiger partial charge is 0.255 e. The summed E-state index contributed by atoms with van der Waals surface area (Å²) in [5.41, 5.74) is 9.21. The van der Waals surface area contributed by atoms with Crippen molar-refractivity contribution < 1.29 is 14.3 Å². The summed E-state index contributed by atoms with van der Waals surface area (Å²) < 4.78 is 5.51. The Morgan fingerprint density at radius 2 is 1.67 bits per heavy atom. The molecule has 3 rings (SSSR count). The lowest BCUT2D eigenvalue weighted by Gasteiger charge is -2.38. The molecule has 0 saturated carbocycles. The van der Waals surface area contributed by atoms with Crippen molar-refractivity contribution in [3.8, 4) is 5.75 Å². The fourth-order valence-corrected chi connectivity index (χ4v) is 3.98. The average molecular weight is 430 g/mol. The van der Waals surface area contributed by atoms with E-state index in [1.54, 1.807) is 24.3 Å². The van der Waals surface area contributed by atoms with Gasteiger partial charge >= 0.3 is 0 Å². The van der Waals surface area contributed by atoms with E-state index in [0.717, 1.165) is 24.2 Å². The van der Waals surface area contributed by atoms with Gasteiger partial charge in [0.05, 0.1) is 0 Å². The first-order chi connectivity index (χ1) is 14.3. The molecule has 1 atom stereocenters. The zero-order valence-electron chi connectivity index (χ0n) is 17.7. The van der Waals surface area contributed by atoms with Crippen LogP contribution in [0.1, 0.15) is 40.0 Å². The summed E-state index contributed by atoms with van der Waals surface area (Å²) in [6, 6.07) is 11.2. The monoisotopic (exact) mass is 429 g/mol. The number of benzene rings is 2. The highest BCUT2D eigenvalue weighted by molar-refractivity contribution is 6.30. The van der Waals surface area contributed by atoms with Crippen LogP contribution in [0.4, 0.5) is 0 Å². The van der Waals surface area contributed by atoms with Crippen LogP contribution < -0.4 is 10.5 Å². The number of halogens is 1. The topological polar surface area (TPSA) is 75.9 Å². The van der Waals surface area contributed by atoms with Gasteiger partial charge < -0.3 is 15.4 Å². The van der Waals surface area contributed by atoms with E-state index in [4.69, 9.17) is 22.1 Å². The first kappa shape index (κ1) is 22.1. The van der Waals surface area contributed by atoms with E-state index in [-0.39, 0.29) is 18.6 Å². The highest BCUT2D eigenvalue weighted by atomic mass is 35.5. The van der Waals surface area contributed by atoms with E-state index < -0.39 is 5.91 Å². The second-order valence-corrected chi connectivity index (χ2v) is 8.11. The van der Waals surface area contributed by atoms with Crippen molar-refractivity contribution in [2.45, 2.75) is 26.8 Å². The summed E-state index contributed by atoms with van der Waals surface area (Å²) in [4.78, 5) is 28.0. The molecular weight excluding hydrogens is 402 g/mol. The van der Waals surface area contributed by atoms with Gasteiger partial charge in [0.1, 0.15) is 5.75 Å². The van der Waals surface area contributed by atoms with Crippen LogP contribution in [-0.2, 0) is 4.79 Å². The number of carbonyl (C=O) groups excluding carboxylic acids is 2. The second-order valence-electron chi connectivity index (χ2n) is 7.67. The first-order valence-corrected chi connectivity index (χ1v) is 10.5. The molecule has 30 heavy (non-hydrogen) atoms. The Balaban J connectivity index is 1.64. The zero-order chi connectivity index (χ0) is 21.8. The lowest BCUT2D eigenvalue weighted by molar-refractivity contribution is -0.119. The number of ether oxygens (including phenoxy) is 1. The number of nitrogens with two attached hydrogens (primary N) is 1. The van der Waals surface area contributed by atoms with Crippen LogP contribution >= 0.6 is 11.6 Å². The van der Waals surface area contributed by atoms with Gasteiger partial charge in [-0.25, -0.2) is 0 Å². The summed E-state index contributed by atoms with van der Waals surface area (Å²) in [6.07, 6.45) is 0. The number of hydrogen-bond donors (Lipinski definition) is 1. The minimum atomic E-state index is -0.490. The lowest BCUT2D eigenvalue weighted by Crippen LogP contribution is -2.49. The van der Waals surface area contributed by atoms with E-state index >= 15 is 0 Å². The van der Waals surface area contributed by atoms with E-state index in [9.17, 15) is 9.59 Å². The standard InChI is InChI=1S/C23H28ClN3O3/c1-15-16(2)21(30-14-22(25)28)9-8-20(15)17(3)26-10-12-27(13-11-26)23(29)18-4-6-19(24)7-5-18/h4-9,17H,10-14H2,1-3H3,(H2,25,28)/t17-/m1/s1. The van der Waals surface area contributed by atoms with Gasteiger partial charge in [0.15, 0.2) is 6.61 Å². The highest BCUT2D eigenvalue weighted by Gasteiger charge is 2.26. The summed E-state index contributed by atoms with van der Waals surface area (Å²) in [6.45, 7) is 9.09. The van der Waals surface area contributed by atoms with Gasteiger partial charge in [0.25, 0.3) is 11.8 Å². The number of primary amides is 1. The molecule has 0 aromatic heterocycles. The van der Waals surface area contributed by atoms with Crippen molar-refractivity contribution in [2.75, 3.05) is 32.8 Å². The molecular formula is C23H28ClN3O3. The maximum atomic E-state index is 12.7. The molecule has 1 fully saturated rings. The second kappa shape index (κ2) is 9.49. The van der Waals surface area contributed by atoms with Crippen LogP contribution in [0, 0.1) is 13.8 Å². The summed E-state index contributed by atoms with van der Waals surface area (Å²) >= 11 is 5.92. The SMILES string of the molecule is Cc1c(OCC(N)=O)ccc([C@@H](C)N2CCN(C(=O)c3ccc(Cl)cc3)CC2)c1C. The van der Waals surface area contributed by atoms with Gasteiger partial charge in [-0.2, -0.15) is 0 Å². The van der Waals surface area contributed by atoms with Crippen molar-refractivity contribution in [3.63, 3.8) is 0 Å². The van der Waals surface area contributed by atoms with Crippen LogP contribution in [-0.4, -0.2) is 54.4 Å². The Bertz CT molecular complexity index is 922. The predicted molar refractivity (Wildman–Crippen MR) is 118 cm³/mol. The Hall–Kier alpha value is -2.57. The number of rotatable bonds is 6. The number of hydrogen-bond acceptors (Lipinski definition) is 4. The average Bonchev–Trinajstić information content (AvgIpc) is 2.74. The maximum absolute atomic E-state index is 12.7. The molecule has 0 bridgehead atoms. The van der Waals surface area contributed by atoms with Crippen LogP contribution in [0.25, 0.3) is 0 Å². The van der Waals surface area contributed by atoms with Gasteiger partial charge in [-0.3, -0.25) is 14.5 Å². The molecule has 1 aliphatic rings. The molecule has 2 aromatic rings. The molecule has 2 aromatic carbocycles. The minimum Gasteiger partial charge on any atom is -0.484 e. The Morgan fingerprint density at radius 1 is 1.03 bits per heavy atom. The largest absolute Gasteiger partial charge is 0.484 e. The summed E-state index contributed by atoms with van der Waals surface area (Å²) in [5.74, 6) is 0.234. The molecule has 2 N–H and O–H groups in total. The van der Waals surface area contributed by atoms with Crippen molar-refractivity contribution in [3.05, 3.63) is 63.7 Å². The molecule has 0 unspecified atom stereocenters. The van der Waals surface area contributed by atoms with E-state index in [0.29, 0.717) is 29.4 Å². The third-order valence-corrected chi connectivity index (χ3v) is 6.09. The van der Waals surface area contributed by atoms with Crippen molar-refractivity contribution in [1.29, 1.82) is 0 Å². The Labute approximate surface area is 182 Å². The van der Waals surface area contributed by atoms with Crippen LogP contribution in [0.5, 0.6) is 5.75 Å². The molecule has 2 amide bonds. The molecule has 7 heteroatoms. The Kier molecular flexibility index (Phi) is 7.00. The van der Waals surface area contributed by atoms with Gasteiger partial charge in [-0.05, 0) is 67.8 Å². The molecule has 160 valence electrons. The molecule has 0 radical (unpaired) electrons. The van der Waals surface area contributed by atoms with Gasteiger partial charge in [0.2, 0.25) is 0 Å². The van der Waals surface area contributed by atoms with Crippen LogP contribution in [0.15, 0.2) is 36.4 Å². The number of amides is 2. The number of nitrogens with zero attached hydrogens (tertiary/aromatic N) is 2. The Morgan fingerprint density at radius 3 is 2.27 bits per heavy atom. The molecule has 1 saturated heterocycles. The van der Waals surface area contributed by atoms with Crippen molar-refractivity contribution >= 4 is 23.4 Å². The van der Waals surface area contributed by atoms with Gasteiger partial charge in [0, 0.05) is 42.8 Å². The normalized spacial score (nSPS) is 15.7. The number of piperazine rings is 1. The van der Waals surface area contributed by atoms with Crippen LogP contribution in [0.3, 0.4) is 0 Å².